The number of benzene rings is 2. The van der Waals surface area contributed by atoms with E-state index in [1.807, 2.05) is 20.0 Å². The fourth-order valence-corrected chi connectivity index (χ4v) is 3.08. The number of rotatable bonds is 3. The summed E-state index contributed by atoms with van der Waals surface area (Å²) in [4.78, 5) is 4.40. The van der Waals surface area contributed by atoms with Crippen molar-refractivity contribution >= 4 is 10.8 Å². The van der Waals surface area contributed by atoms with Crippen LogP contribution in [-0.2, 0) is 0 Å². The second kappa shape index (κ2) is 11.6. The maximum absolute atomic E-state index is 4.40. The van der Waals surface area contributed by atoms with Crippen molar-refractivity contribution in [3.8, 4) is 0 Å². The molecule has 0 amide bonds. The molecule has 0 saturated carbocycles. The normalized spacial score (nSPS) is 10.6. The predicted molar refractivity (Wildman–Crippen MR) is 127 cm³/mol. The molecule has 3 rings (SSSR count). The van der Waals surface area contributed by atoms with Crippen LogP contribution in [0.1, 0.15) is 95.5 Å². The molecule has 0 aliphatic heterocycles. The highest BCUT2D eigenvalue weighted by atomic mass is 14.7. The second-order valence-corrected chi connectivity index (χ2v) is 8.00. The molecule has 0 aliphatic rings. The molecule has 1 heteroatoms. The first-order valence-corrected chi connectivity index (χ1v) is 10.7. The summed E-state index contributed by atoms with van der Waals surface area (Å²) >= 11 is 0. The lowest BCUT2D eigenvalue weighted by Gasteiger charge is -2.11. The molecule has 0 bridgehead atoms. The van der Waals surface area contributed by atoms with Crippen LogP contribution in [0.25, 0.3) is 10.8 Å². The number of nitrogens with zero attached hydrogens (tertiary/aromatic N) is 1. The highest BCUT2D eigenvalue weighted by molar-refractivity contribution is 5.88. The van der Waals surface area contributed by atoms with E-state index < -0.39 is 0 Å². The first-order chi connectivity index (χ1) is 13.3. The number of fused-ring (bicyclic) bond motifs is 1. The van der Waals surface area contributed by atoms with E-state index in [-0.39, 0.29) is 0 Å². The van der Waals surface area contributed by atoms with E-state index in [2.05, 4.69) is 102 Å². The average Bonchev–Trinajstić information content (AvgIpc) is 2.70. The molecule has 0 radical (unpaired) electrons. The average molecular weight is 378 g/mol. The van der Waals surface area contributed by atoms with Gasteiger partial charge >= 0.3 is 0 Å². The van der Waals surface area contributed by atoms with Gasteiger partial charge in [-0.3, -0.25) is 4.98 Å². The first kappa shape index (κ1) is 23.9. The van der Waals surface area contributed by atoms with Crippen LogP contribution in [0.2, 0.25) is 0 Å². The van der Waals surface area contributed by atoms with Crippen LogP contribution in [0.5, 0.6) is 0 Å². The van der Waals surface area contributed by atoms with E-state index in [1.54, 1.807) is 0 Å². The molecule has 0 spiro atoms. The Morgan fingerprint density at radius 3 is 1.71 bits per heavy atom. The Morgan fingerprint density at radius 1 is 0.643 bits per heavy atom. The van der Waals surface area contributed by atoms with Crippen molar-refractivity contribution in [1.82, 2.24) is 4.98 Å². The van der Waals surface area contributed by atoms with Gasteiger partial charge in [-0.05, 0) is 58.2 Å². The summed E-state index contributed by atoms with van der Waals surface area (Å²) in [5.41, 5.74) is 5.31. The van der Waals surface area contributed by atoms with E-state index >= 15 is 0 Å². The van der Waals surface area contributed by atoms with Crippen molar-refractivity contribution in [2.24, 2.45) is 0 Å². The summed E-state index contributed by atoms with van der Waals surface area (Å²) in [7, 11) is 0. The fraction of sp³-hybridized carbons (Fsp3) is 0.444. The monoisotopic (exact) mass is 377 g/mol. The molecule has 28 heavy (non-hydrogen) atoms. The lowest BCUT2D eigenvalue weighted by molar-refractivity contribution is 0.802. The number of hydrogen-bond acceptors (Lipinski definition) is 1. The second-order valence-electron chi connectivity index (χ2n) is 8.00. The molecular weight excluding hydrogens is 338 g/mol. The maximum atomic E-state index is 4.40. The van der Waals surface area contributed by atoms with Gasteiger partial charge < -0.3 is 0 Å². The molecule has 0 saturated heterocycles. The third-order valence-electron chi connectivity index (χ3n) is 4.87. The zero-order valence-corrected chi connectivity index (χ0v) is 19.4. The molecule has 0 N–H and O–H groups in total. The van der Waals surface area contributed by atoms with Crippen LogP contribution < -0.4 is 0 Å². The Bertz CT molecular complexity index is 800. The van der Waals surface area contributed by atoms with Crippen LogP contribution in [0.3, 0.4) is 0 Å². The van der Waals surface area contributed by atoms with Gasteiger partial charge in [-0.25, -0.2) is 0 Å². The van der Waals surface area contributed by atoms with Crippen molar-refractivity contribution in [2.75, 3.05) is 0 Å². The molecule has 1 heterocycles. The van der Waals surface area contributed by atoms with Crippen LogP contribution in [0.4, 0.5) is 0 Å². The quantitative estimate of drug-likeness (QED) is 0.445. The Morgan fingerprint density at radius 2 is 1.25 bits per heavy atom. The van der Waals surface area contributed by atoms with Crippen LogP contribution in [0, 0.1) is 6.92 Å². The highest BCUT2D eigenvalue weighted by Crippen LogP contribution is 2.27. The molecule has 1 aromatic heterocycles. The van der Waals surface area contributed by atoms with Gasteiger partial charge in [-0.1, -0.05) is 97.9 Å². The highest BCUT2D eigenvalue weighted by Gasteiger charge is 2.05. The summed E-state index contributed by atoms with van der Waals surface area (Å²) in [6.07, 6.45) is 1.99. The summed E-state index contributed by atoms with van der Waals surface area (Å²) in [6.45, 7) is 19.4. The number of aromatic nitrogens is 1. The molecule has 0 aliphatic carbocycles. The molecule has 2 aromatic carbocycles. The Hall–Kier alpha value is -2.15. The van der Waals surface area contributed by atoms with E-state index in [4.69, 9.17) is 0 Å². The topological polar surface area (TPSA) is 12.9 Å². The Labute approximate surface area is 173 Å². The molecular formula is C27H39N. The van der Waals surface area contributed by atoms with Crippen molar-refractivity contribution in [1.29, 1.82) is 0 Å². The van der Waals surface area contributed by atoms with Gasteiger partial charge in [0, 0.05) is 11.9 Å². The third-order valence-corrected chi connectivity index (χ3v) is 4.87. The predicted octanol–water partition coefficient (Wildman–Crippen LogP) is 8.63. The van der Waals surface area contributed by atoms with Crippen LogP contribution >= 0.6 is 0 Å². The van der Waals surface area contributed by atoms with E-state index in [0.717, 1.165) is 0 Å². The van der Waals surface area contributed by atoms with Gasteiger partial charge in [-0.15, -0.1) is 0 Å². The van der Waals surface area contributed by atoms with E-state index in [1.165, 1.54) is 33.2 Å². The zero-order valence-electron chi connectivity index (χ0n) is 19.4. The minimum Gasteiger partial charge on any atom is -0.261 e. The van der Waals surface area contributed by atoms with Crippen LogP contribution in [-0.4, -0.2) is 4.98 Å². The van der Waals surface area contributed by atoms with Crippen molar-refractivity contribution in [3.05, 3.63) is 77.1 Å². The summed E-state index contributed by atoms with van der Waals surface area (Å²) in [5, 5.41) is 2.79. The summed E-state index contributed by atoms with van der Waals surface area (Å²) < 4.78 is 0. The lowest BCUT2D eigenvalue weighted by Crippen LogP contribution is -1.94. The van der Waals surface area contributed by atoms with Crippen molar-refractivity contribution in [2.45, 2.75) is 80.1 Å². The Kier molecular flexibility index (Phi) is 9.93. The smallest absolute Gasteiger partial charge is 0.0429 e. The molecule has 3 aromatic rings. The Balaban J connectivity index is 0.000000260. The van der Waals surface area contributed by atoms with Gasteiger partial charge in [0.2, 0.25) is 0 Å². The van der Waals surface area contributed by atoms with Gasteiger partial charge in [0.1, 0.15) is 0 Å². The van der Waals surface area contributed by atoms with Gasteiger partial charge in [0.15, 0.2) is 0 Å². The van der Waals surface area contributed by atoms with E-state index in [9.17, 15) is 0 Å². The number of hydrogen-bond donors (Lipinski definition) is 0. The van der Waals surface area contributed by atoms with Gasteiger partial charge in [0.05, 0.1) is 0 Å². The standard InChI is InChI=1S/C14H16.C11H17N.C2H6/c1-10(2)12-9-8-11(3)13-6-4-5-7-14(12)13;1-8(2)10-5-6-11(9(3)4)12-7-10;1-2/h4-10H,1-3H3;5-9H,1-4H3;1-2H3. The van der Waals surface area contributed by atoms with E-state index in [0.29, 0.717) is 17.8 Å². The molecule has 1 nitrogen and oxygen atoms in total. The molecule has 152 valence electrons. The molecule has 0 atom stereocenters. The minimum atomic E-state index is 0.534. The van der Waals surface area contributed by atoms with Crippen molar-refractivity contribution in [3.63, 3.8) is 0 Å². The van der Waals surface area contributed by atoms with Gasteiger partial charge in [-0.2, -0.15) is 0 Å². The maximum Gasteiger partial charge on any atom is 0.0429 e. The van der Waals surface area contributed by atoms with Gasteiger partial charge in [0.25, 0.3) is 0 Å². The molecule has 0 fully saturated rings. The first-order valence-electron chi connectivity index (χ1n) is 10.7. The largest absolute Gasteiger partial charge is 0.261 e. The zero-order chi connectivity index (χ0) is 21.3. The summed E-state index contributed by atoms with van der Waals surface area (Å²) in [5.74, 6) is 1.71. The summed E-state index contributed by atoms with van der Waals surface area (Å²) in [6, 6.07) is 17.4. The SMILES string of the molecule is CC.CC(C)c1ccc(C(C)C)nc1.Cc1ccc(C(C)C)c2ccccc12. The third kappa shape index (κ3) is 6.48. The number of pyridine rings is 1. The minimum absolute atomic E-state index is 0.534. The number of aryl methyl sites for hydroxylation is 1. The molecule has 0 unspecified atom stereocenters. The van der Waals surface area contributed by atoms with Crippen molar-refractivity contribution < 1.29 is 0 Å². The lowest BCUT2D eigenvalue weighted by atomic mass is 9.94. The fourth-order valence-electron chi connectivity index (χ4n) is 3.08. The van der Waals surface area contributed by atoms with Crippen LogP contribution in [0.15, 0.2) is 54.7 Å².